The smallest absolute Gasteiger partial charge is 0.348 e. The summed E-state index contributed by atoms with van der Waals surface area (Å²) in [5, 5.41) is 5.37. The standard InChI is InChI=1S/C34H38N2O8/c1-22(2)19-30-34(41)43-29(28(37)18-15-24-9-6-5-7-10-24)11-8-12-31(38)36-27(20-25-13-16-26(42-4)17-14-25)32(39)35-21-23(3)33(40)44-30/h5-10,12-14,16-17,22-23,27,29-30H,11,19-21H2,1-4H3,(H,35,39)(H,36,38)/b12-8+/t23-,27-,29+,30+/m1/s1. The Labute approximate surface area is 257 Å². The first kappa shape index (κ1) is 33.6. The lowest BCUT2D eigenvalue weighted by molar-refractivity contribution is -0.175. The number of hydrogen-bond donors (Lipinski definition) is 2. The van der Waals surface area contributed by atoms with Crippen molar-refractivity contribution in [1.29, 1.82) is 0 Å². The molecule has 4 atom stereocenters. The summed E-state index contributed by atoms with van der Waals surface area (Å²) in [6, 6.07) is 14.9. The molecule has 2 N–H and O–H groups in total. The number of cyclic esters (lactones) is 2. The first-order chi connectivity index (χ1) is 21.0. The monoisotopic (exact) mass is 602 g/mol. The molecule has 1 heterocycles. The molecular formula is C34H38N2O8. The van der Waals surface area contributed by atoms with Crippen molar-refractivity contribution < 1.29 is 38.2 Å². The Hall–Kier alpha value is -4.91. The molecule has 0 unspecified atom stereocenters. The van der Waals surface area contributed by atoms with Gasteiger partial charge in [0, 0.05) is 24.9 Å². The highest BCUT2D eigenvalue weighted by Gasteiger charge is 2.32. The molecule has 10 heteroatoms. The van der Waals surface area contributed by atoms with Gasteiger partial charge in [0.2, 0.25) is 17.6 Å². The third-order valence-electron chi connectivity index (χ3n) is 6.70. The molecule has 0 radical (unpaired) electrons. The van der Waals surface area contributed by atoms with Crippen LogP contribution in [-0.2, 0) is 39.9 Å². The van der Waals surface area contributed by atoms with Crippen molar-refractivity contribution in [1.82, 2.24) is 10.6 Å². The Morgan fingerprint density at radius 1 is 1.00 bits per heavy atom. The first-order valence-corrected chi connectivity index (χ1v) is 14.4. The van der Waals surface area contributed by atoms with Gasteiger partial charge in [0.05, 0.1) is 13.0 Å². The van der Waals surface area contributed by atoms with E-state index in [4.69, 9.17) is 14.2 Å². The van der Waals surface area contributed by atoms with E-state index < -0.39 is 53.7 Å². The Bertz CT molecular complexity index is 1410. The van der Waals surface area contributed by atoms with Crippen molar-refractivity contribution in [3.05, 3.63) is 77.9 Å². The van der Waals surface area contributed by atoms with Gasteiger partial charge in [-0.3, -0.25) is 19.2 Å². The summed E-state index contributed by atoms with van der Waals surface area (Å²) in [5.41, 5.74) is 1.36. The Balaban J connectivity index is 1.90. The number of ketones is 1. The van der Waals surface area contributed by atoms with E-state index in [9.17, 15) is 24.0 Å². The molecule has 1 aliphatic rings. The molecule has 10 nitrogen and oxygen atoms in total. The van der Waals surface area contributed by atoms with Crippen LogP contribution in [-0.4, -0.2) is 61.4 Å². The van der Waals surface area contributed by atoms with Crippen LogP contribution in [0.1, 0.15) is 44.7 Å². The maximum Gasteiger partial charge on any atom is 0.348 e. The van der Waals surface area contributed by atoms with Gasteiger partial charge in [0.15, 0.2) is 12.2 Å². The molecule has 0 saturated heterocycles. The number of benzene rings is 2. The minimum Gasteiger partial charge on any atom is -0.497 e. The van der Waals surface area contributed by atoms with Crippen molar-refractivity contribution in [2.45, 2.75) is 58.3 Å². The second-order valence-electron chi connectivity index (χ2n) is 10.9. The molecule has 2 amide bonds. The van der Waals surface area contributed by atoms with Crippen LogP contribution in [0.4, 0.5) is 0 Å². The lowest BCUT2D eigenvalue weighted by atomic mass is 10.0. The van der Waals surface area contributed by atoms with Gasteiger partial charge >= 0.3 is 11.9 Å². The van der Waals surface area contributed by atoms with Gasteiger partial charge in [-0.05, 0) is 54.2 Å². The van der Waals surface area contributed by atoms with Crippen LogP contribution >= 0.6 is 0 Å². The molecule has 0 aliphatic carbocycles. The molecule has 1 aliphatic heterocycles. The number of carbonyl (C=O) groups is 5. The van der Waals surface area contributed by atoms with E-state index in [2.05, 4.69) is 22.5 Å². The van der Waals surface area contributed by atoms with Crippen LogP contribution in [0.3, 0.4) is 0 Å². The molecule has 0 saturated carbocycles. The zero-order valence-electron chi connectivity index (χ0n) is 25.3. The summed E-state index contributed by atoms with van der Waals surface area (Å²) in [4.78, 5) is 65.2. The topological polar surface area (TPSA) is 137 Å². The fourth-order valence-corrected chi connectivity index (χ4v) is 4.22. The van der Waals surface area contributed by atoms with E-state index in [1.54, 1.807) is 62.6 Å². The van der Waals surface area contributed by atoms with E-state index in [1.807, 2.05) is 19.9 Å². The van der Waals surface area contributed by atoms with Gasteiger partial charge in [0.25, 0.3) is 0 Å². The SMILES string of the molecule is COc1ccc(C[C@H]2NC(=O)/C=C/C[C@@H](C(=O)C#Cc3ccccc3)OC(=O)[C@H](CC(C)C)OC(=O)[C@H](C)CNC2=O)cc1. The zero-order chi connectivity index (χ0) is 32.1. The molecular weight excluding hydrogens is 564 g/mol. The maximum absolute atomic E-state index is 13.2. The normalized spacial score (nSPS) is 22.4. The minimum absolute atomic E-state index is 0.0460. The minimum atomic E-state index is -1.36. The van der Waals surface area contributed by atoms with Gasteiger partial charge in [-0.2, -0.15) is 0 Å². The van der Waals surface area contributed by atoms with Gasteiger partial charge in [-0.1, -0.05) is 63.1 Å². The van der Waals surface area contributed by atoms with Crippen molar-refractivity contribution in [3.63, 3.8) is 0 Å². The average molecular weight is 603 g/mol. The second kappa shape index (κ2) is 16.7. The van der Waals surface area contributed by atoms with Crippen LogP contribution in [0.25, 0.3) is 0 Å². The highest BCUT2D eigenvalue weighted by atomic mass is 16.6. The van der Waals surface area contributed by atoms with Gasteiger partial charge in [0.1, 0.15) is 11.8 Å². The summed E-state index contributed by atoms with van der Waals surface area (Å²) in [5.74, 6) is 1.63. The van der Waals surface area contributed by atoms with Crippen LogP contribution in [0, 0.1) is 23.7 Å². The summed E-state index contributed by atoms with van der Waals surface area (Å²) in [6.45, 7) is 5.15. The molecule has 0 fully saturated rings. The van der Waals surface area contributed by atoms with Crippen LogP contribution in [0.2, 0.25) is 0 Å². The number of ether oxygens (including phenoxy) is 3. The molecule has 44 heavy (non-hydrogen) atoms. The van der Waals surface area contributed by atoms with E-state index in [-0.39, 0.29) is 31.7 Å². The average Bonchev–Trinajstić information content (AvgIpc) is 3.01. The fourth-order valence-electron chi connectivity index (χ4n) is 4.22. The zero-order valence-corrected chi connectivity index (χ0v) is 25.3. The predicted octanol–water partition coefficient (Wildman–Crippen LogP) is 2.93. The molecule has 3 rings (SSSR count). The lowest BCUT2D eigenvalue weighted by Gasteiger charge is -2.23. The number of nitrogens with one attached hydrogen (secondary N) is 2. The summed E-state index contributed by atoms with van der Waals surface area (Å²) in [7, 11) is 1.54. The highest BCUT2D eigenvalue weighted by molar-refractivity contribution is 6.01. The van der Waals surface area contributed by atoms with Gasteiger partial charge < -0.3 is 24.8 Å². The number of hydrogen-bond acceptors (Lipinski definition) is 8. The van der Waals surface area contributed by atoms with E-state index >= 15 is 0 Å². The number of rotatable bonds is 6. The van der Waals surface area contributed by atoms with Crippen molar-refractivity contribution >= 4 is 29.5 Å². The van der Waals surface area contributed by atoms with Crippen LogP contribution < -0.4 is 15.4 Å². The number of amides is 2. The van der Waals surface area contributed by atoms with Gasteiger partial charge in [-0.25, -0.2) is 4.79 Å². The van der Waals surface area contributed by atoms with Crippen molar-refractivity contribution in [2.24, 2.45) is 11.8 Å². The molecule has 0 bridgehead atoms. The Morgan fingerprint density at radius 3 is 2.36 bits per heavy atom. The molecule has 2 aromatic carbocycles. The number of Topliss-reactive ketones (excluding diaryl/α,β-unsaturated/α-hetero) is 1. The largest absolute Gasteiger partial charge is 0.497 e. The fraction of sp³-hybridized carbons (Fsp3) is 0.382. The maximum atomic E-state index is 13.2. The first-order valence-electron chi connectivity index (χ1n) is 14.4. The van der Waals surface area contributed by atoms with Crippen LogP contribution in [0.15, 0.2) is 66.7 Å². The molecule has 232 valence electrons. The van der Waals surface area contributed by atoms with Crippen molar-refractivity contribution in [3.8, 4) is 17.6 Å². The Morgan fingerprint density at radius 2 is 1.70 bits per heavy atom. The van der Waals surface area contributed by atoms with Gasteiger partial charge in [-0.15, -0.1) is 0 Å². The summed E-state index contributed by atoms with van der Waals surface area (Å²) < 4.78 is 16.3. The second-order valence-corrected chi connectivity index (χ2v) is 10.9. The third kappa shape index (κ3) is 10.7. The quantitative estimate of drug-likeness (QED) is 0.381. The van der Waals surface area contributed by atoms with Crippen molar-refractivity contribution in [2.75, 3.05) is 13.7 Å². The molecule has 0 aromatic heterocycles. The van der Waals surface area contributed by atoms with E-state index in [0.717, 1.165) is 5.56 Å². The predicted molar refractivity (Wildman–Crippen MR) is 162 cm³/mol. The molecule has 0 spiro atoms. The lowest BCUT2D eigenvalue weighted by Crippen LogP contribution is -2.49. The number of carbonyl (C=O) groups excluding carboxylic acids is 5. The van der Waals surface area contributed by atoms with Crippen LogP contribution in [0.5, 0.6) is 5.75 Å². The number of methoxy groups -OCH3 is 1. The van der Waals surface area contributed by atoms with E-state index in [1.165, 1.54) is 12.2 Å². The number of esters is 2. The highest BCUT2D eigenvalue weighted by Crippen LogP contribution is 2.16. The Kier molecular flexibility index (Phi) is 12.7. The summed E-state index contributed by atoms with van der Waals surface area (Å²) >= 11 is 0. The molecule has 2 aromatic rings. The summed E-state index contributed by atoms with van der Waals surface area (Å²) in [6.07, 6.45) is 0.0552. The third-order valence-corrected chi connectivity index (χ3v) is 6.70. The van der Waals surface area contributed by atoms with E-state index in [0.29, 0.717) is 11.3 Å².